The van der Waals surface area contributed by atoms with Crippen LogP contribution in [0.25, 0.3) is 0 Å². The Labute approximate surface area is 80.4 Å². The molecule has 1 atom stereocenters. The summed E-state index contributed by atoms with van der Waals surface area (Å²) in [5.74, 6) is 0.300. The third-order valence-corrected chi connectivity index (χ3v) is 3.55. The van der Waals surface area contributed by atoms with Gasteiger partial charge in [0.25, 0.3) is 0 Å². The Hall–Kier alpha value is -0.130. The SMILES string of the molecule is CCOCCS(=O)(=O)CC(C)CN. The average Bonchev–Trinajstić information content (AvgIpc) is 2.03. The Kier molecular flexibility index (Phi) is 6.28. The second kappa shape index (κ2) is 6.34. The fraction of sp³-hybridized carbons (Fsp3) is 1.00. The Morgan fingerprint density at radius 2 is 2.08 bits per heavy atom. The zero-order valence-electron chi connectivity index (χ0n) is 8.32. The van der Waals surface area contributed by atoms with Crippen molar-refractivity contribution in [1.29, 1.82) is 0 Å². The molecule has 0 spiro atoms. The monoisotopic (exact) mass is 209 g/mol. The molecule has 0 saturated carbocycles. The van der Waals surface area contributed by atoms with E-state index >= 15 is 0 Å². The predicted molar refractivity (Wildman–Crippen MR) is 53.4 cm³/mol. The van der Waals surface area contributed by atoms with Crippen molar-refractivity contribution in [3.8, 4) is 0 Å². The summed E-state index contributed by atoms with van der Waals surface area (Å²) >= 11 is 0. The van der Waals surface area contributed by atoms with Gasteiger partial charge in [0, 0.05) is 6.61 Å². The fourth-order valence-corrected chi connectivity index (χ4v) is 2.46. The summed E-state index contributed by atoms with van der Waals surface area (Å²) in [5, 5.41) is 0. The van der Waals surface area contributed by atoms with E-state index in [1.807, 2.05) is 13.8 Å². The lowest BCUT2D eigenvalue weighted by atomic mass is 10.2. The van der Waals surface area contributed by atoms with Crippen molar-refractivity contribution in [1.82, 2.24) is 0 Å². The number of rotatable bonds is 7. The van der Waals surface area contributed by atoms with Gasteiger partial charge in [-0.25, -0.2) is 8.42 Å². The van der Waals surface area contributed by atoms with Gasteiger partial charge in [0.15, 0.2) is 9.84 Å². The maximum atomic E-state index is 11.3. The summed E-state index contributed by atoms with van der Waals surface area (Å²) in [5.41, 5.74) is 5.34. The smallest absolute Gasteiger partial charge is 0.152 e. The molecule has 0 heterocycles. The maximum absolute atomic E-state index is 11.3. The van der Waals surface area contributed by atoms with Crippen LogP contribution in [-0.2, 0) is 14.6 Å². The highest BCUT2D eigenvalue weighted by Crippen LogP contribution is 2.00. The number of ether oxygens (including phenoxy) is 1. The van der Waals surface area contributed by atoms with E-state index in [1.165, 1.54) is 0 Å². The van der Waals surface area contributed by atoms with Gasteiger partial charge in [-0.15, -0.1) is 0 Å². The van der Waals surface area contributed by atoms with E-state index < -0.39 is 9.84 Å². The van der Waals surface area contributed by atoms with E-state index in [1.54, 1.807) is 0 Å². The van der Waals surface area contributed by atoms with E-state index in [4.69, 9.17) is 10.5 Å². The van der Waals surface area contributed by atoms with Crippen LogP contribution in [0.3, 0.4) is 0 Å². The van der Waals surface area contributed by atoms with Crippen LogP contribution >= 0.6 is 0 Å². The molecular formula is C8H19NO3S. The maximum Gasteiger partial charge on any atom is 0.152 e. The van der Waals surface area contributed by atoms with E-state index in [0.29, 0.717) is 13.2 Å². The van der Waals surface area contributed by atoms with Gasteiger partial charge in [0.05, 0.1) is 18.1 Å². The first-order valence-electron chi connectivity index (χ1n) is 4.50. The zero-order chi connectivity index (χ0) is 10.3. The van der Waals surface area contributed by atoms with Crippen LogP contribution in [-0.4, -0.2) is 39.7 Å². The van der Waals surface area contributed by atoms with E-state index in [-0.39, 0.29) is 24.0 Å². The minimum Gasteiger partial charge on any atom is -0.381 e. The summed E-state index contributed by atoms with van der Waals surface area (Å²) in [4.78, 5) is 0. The molecule has 0 aromatic carbocycles. The standard InChI is InChI=1S/C8H19NO3S/c1-3-12-4-5-13(10,11)7-8(2)6-9/h8H,3-7,9H2,1-2H3. The molecule has 5 heteroatoms. The van der Waals surface area contributed by atoms with Crippen molar-refractivity contribution >= 4 is 9.84 Å². The van der Waals surface area contributed by atoms with Crippen molar-refractivity contribution < 1.29 is 13.2 Å². The van der Waals surface area contributed by atoms with Gasteiger partial charge in [0.2, 0.25) is 0 Å². The van der Waals surface area contributed by atoms with Gasteiger partial charge in [-0.05, 0) is 19.4 Å². The first-order chi connectivity index (χ1) is 6.02. The second-order valence-electron chi connectivity index (χ2n) is 3.15. The highest BCUT2D eigenvalue weighted by atomic mass is 32.2. The van der Waals surface area contributed by atoms with Crippen LogP contribution in [0.5, 0.6) is 0 Å². The van der Waals surface area contributed by atoms with Gasteiger partial charge >= 0.3 is 0 Å². The summed E-state index contributed by atoms with van der Waals surface area (Å²) in [6.07, 6.45) is 0. The number of sulfone groups is 1. The Bertz CT molecular complexity index is 213. The van der Waals surface area contributed by atoms with Crippen molar-refractivity contribution in [2.24, 2.45) is 11.7 Å². The normalized spacial score (nSPS) is 14.4. The Morgan fingerprint density at radius 3 is 2.54 bits per heavy atom. The summed E-state index contributed by atoms with van der Waals surface area (Å²) < 4.78 is 27.7. The van der Waals surface area contributed by atoms with Crippen LogP contribution in [0.2, 0.25) is 0 Å². The van der Waals surface area contributed by atoms with Gasteiger partial charge in [-0.2, -0.15) is 0 Å². The largest absolute Gasteiger partial charge is 0.381 e. The van der Waals surface area contributed by atoms with Gasteiger partial charge in [-0.3, -0.25) is 0 Å². The van der Waals surface area contributed by atoms with Crippen LogP contribution in [0.4, 0.5) is 0 Å². The quantitative estimate of drug-likeness (QED) is 0.601. The topological polar surface area (TPSA) is 69.4 Å². The molecule has 4 nitrogen and oxygen atoms in total. The lowest BCUT2D eigenvalue weighted by Gasteiger charge is -2.08. The minimum absolute atomic E-state index is 0.0339. The predicted octanol–water partition coefficient (Wildman–Crippen LogP) is 0.0325. The number of nitrogens with two attached hydrogens (primary N) is 1. The lowest BCUT2D eigenvalue weighted by molar-refractivity contribution is 0.163. The molecule has 0 aliphatic heterocycles. The first-order valence-corrected chi connectivity index (χ1v) is 6.32. The average molecular weight is 209 g/mol. The minimum atomic E-state index is -2.97. The fourth-order valence-electron chi connectivity index (χ4n) is 0.915. The molecular weight excluding hydrogens is 190 g/mol. The van der Waals surface area contributed by atoms with Gasteiger partial charge < -0.3 is 10.5 Å². The van der Waals surface area contributed by atoms with Crippen LogP contribution in [0.15, 0.2) is 0 Å². The zero-order valence-corrected chi connectivity index (χ0v) is 9.14. The molecule has 1 unspecified atom stereocenters. The Morgan fingerprint density at radius 1 is 1.46 bits per heavy atom. The van der Waals surface area contributed by atoms with E-state index in [2.05, 4.69) is 0 Å². The molecule has 0 radical (unpaired) electrons. The number of hydrogen-bond donors (Lipinski definition) is 1. The molecule has 0 aliphatic carbocycles. The molecule has 0 bridgehead atoms. The molecule has 0 aliphatic rings. The third kappa shape index (κ3) is 6.98. The highest BCUT2D eigenvalue weighted by Gasteiger charge is 2.14. The molecule has 80 valence electrons. The number of hydrogen-bond acceptors (Lipinski definition) is 4. The molecule has 2 N–H and O–H groups in total. The van der Waals surface area contributed by atoms with E-state index in [9.17, 15) is 8.42 Å². The van der Waals surface area contributed by atoms with E-state index in [0.717, 1.165) is 0 Å². The van der Waals surface area contributed by atoms with Crippen molar-refractivity contribution in [2.75, 3.05) is 31.3 Å². The molecule has 0 aromatic heterocycles. The second-order valence-corrected chi connectivity index (χ2v) is 5.38. The Balaban J connectivity index is 3.81. The molecule has 0 saturated heterocycles. The summed E-state index contributed by atoms with van der Waals surface area (Å²) in [7, 11) is -2.97. The van der Waals surface area contributed by atoms with Gasteiger partial charge in [-0.1, -0.05) is 6.92 Å². The van der Waals surface area contributed by atoms with Crippen LogP contribution in [0.1, 0.15) is 13.8 Å². The first kappa shape index (κ1) is 12.9. The van der Waals surface area contributed by atoms with Gasteiger partial charge in [0.1, 0.15) is 0 Å². The lowest BCUT2D eigenvalue weighted by Crippen LogP contribution is -2.24. The molecule has 0 fully saturated rings. The van der Waals surface area contributed by atoms with Crippen LogP contribution < -0.4 is 5.73 Å². The highest BCUT2D eigenvalue weighted by molar-refractivity contribution is 7.91. The van der Waals surface area contributed by atoms with Crippen molar-refractivity contribution in [3.63, 3.8) is 0 Å². The molecule has 0 amide bonds. The van der Waals surface area contributed by atoms with Crippen LogP contribution in [0, 0.1) is 5.92 Å². The third-order valence-electron chi connectivity index (χ3n) is 1.68. The molecule has 13 heavy (non-hydrogen) atoms. The van der Waals surface area contributed by atoms with Crippen molar-refractivity contribution in [2.45, 2.75) is 13.8 Å². The molecule has 0 aromatic rings. The van der Waals surface area contributed by atoms with Crippen molar-refractivity contribution in [3.05, 3.63) is 0 Å². The summed E-state index contributed by atoms with van der Waals surface area (Å²) in [6.45, 7) is 4.93. The summed E-state index contributed by atoms with van der Waals surface area (Å²) in [6, 6.07) is 0. The molecule has 0 rings (SSSR count).